The van der Waals surface area contributed by atoms with Crippen LogP contribution < -0.4 is 0 Å². The first-order valence-corrected chi connectivity index (χ1v) is 6.03. The van der Waals surface area contributed by atoms with Crippen LogP contribution in [0.25, 0.3) is 0 Å². The van der Waals surface area contributed by atoms with Gasteiger partial charge in [-0.2, -0.15) is 0 Å². The quantitative estimate of drug-likeness (QED) is 0.928. The molecule has 1 fully saturated rings. The Morgan fingerprint density at radius 1 is 1.50 bits per heavy atom. The zero-order valence-corrected chi connectivity index (χ0v) is 10.7. The van der Waals surface area contributed by atoms with Gasteiger partial charge in [0.1, 0.15) is 17.5 Å². The van der Waals surface area contributed by atoms with E-state index in [0.717, 1.165) is 4.47 Å². The summed E-state index contributed by atoms with van der Waals surface area (Å²) in [5.74, 6) is 0.517. The molecule has 5 heteroatoms. The molecule has 0 radical (unpaired) electrons. The highest BCUT2D eigenvalue weighted by Crippen LogP contribution is 2.39. The van der Waals surface area contributed by atoms with Gasteiger partial charge in [-0.05, 0) is 22.0 Å². The van der Waals surface area contributed by atoms with Gasteiger partial charge in [0.25, 0.3) is 0 Å². The molecule has 1 aromatic rings. The molecule has 16 heavy (non-hydrogen) atoms. The van der Waals surface area contributed by atoms with Gasteiger partial charge in [-0.15, -0.1) is 0 Å². The summed E-state index contributed by atoms with van der Waals surface area (Å²) in [5.41, 5.74) is -0.599. The summed E-state index contributed by atoms with van der Waals surface area (Å²) in [5, 5.41) is 10.4. The van der Waals surface area contributed by atoms with E-state index in [1.807, 2.05) is 0 Å². The fourth-order valence-corrected chi connectivity index (χ4v) is 2.46. The van der Waals surface area contributed by atoms with Crippen molar-refractivity contribution in [1.29, 1.82) is 0 Å². The van der Waals surface area contributed by atoms with Gasteiger partial charge in [-0.3, -0.25) is 0 Å². The van der Waals surface area contributed by atoms with Crippen LogP contribution in [0.4, 0.5) is 0 Å². The average Bonchev–Trinajstić information content (AvgIpc) is 2.75. The van der Waals surface area contributed by atoms with Crippen LogP contribution in [0.1, 0.15) is 24.7 Å². The molecule has 0 spiro atoms. The van der Waals surface area contributed by atoms with Crippen molar-refractivity contribution < 1.29 is 19.0 Å². The van der Waals surface area contributed by atoms with E-state index < -0.39 is 11.7 Å². The lowest BCUT2D eigenvalue weighted by atomic mass is 9.86. The van der Waals surface area contributed by atoms with E-state index in [2.05, 4.69) is 15.9 Å². The summed E-state index contributed by atoms with van der Waals surface area (Å²) in [4.78, 5) is 0. The van der Waals surface area contributed by atoms with E-state index in [4.69, 9.17) is 13.9 Å². The average molecular weight is 291 g/mol. The zero-order valence-electron chi connectivity index (χ0n) is 9.11. The number of hydrogen-bond donors (Lipinski definition) is 1. The Morgan fingerprint density at radius 3 is 2.69 bits per heavy atom. The van der Waals surface area contributed by atoms with Crippen LogP contribution in [0.3, 0.4) is 0 Å². The molecular weight excluding hydrogens is 276 g/mol. The van der Waals surface area contributed by atoms with Crippen LogP contribution in [0.2, 0.25) is 0 Å². The van der Waals surface area contributed by atoms with E-state index in [0.29, 0.717) is 31.8 Å². The Labute approximate surface area is 103 Å². The van der Waals surface area contributed by atoms with Crippen LogP contribution in [-0.4, -0.2) is 31.0 Å². The van der Waals surface area contributed by atoms with Crippen molar-refractivity contribution in [2.45, 2.75) is 24.5 Å². The molecule has 1 N–H and O–H groups in total. The van der Waals surface area contributed by atoms with Crippen LogP contribution in [0, 0.1) is 0 Å². The molecule has 1 atom stereocenters. The van der Waals surface area contributed by atoms with Crippen molar-refractivity contribution in [2.75, 3.05) is 20.3 Å². The summed E-state index contributed by atoms with van der Waals surface area (Å²) >= 11 is 3.35. The van der Waals surface area contributed by atoms with Crippen molar-refractivity contribution >= 4 is 15.9 Å². The minimum Gasteiger partial charge on any atom is -0.465 e. The molecule has 2 heterocycles. The first kappa shape index (κ1) is 12.1. The predicted molar refractivity (Wildman–Crippen MR) is 61.2 cm³/mol. The van der Waals surface area contributed by atoms with Crippen molar-refractivity contribution in [1.82, 2.24) is 0 Å². The third kappa shape index (κ3) is 2.05. The van der Waals surface area contributed by atoms with Gasteiger partial charge in [0.2, 0.25) is 0 Å². The molecule has 0 saturated carbocycles. The van der Waals surface area contributed by atoms with Crippen LogP contribution in [-0.2, 0) is 9.47 Å². The molecular formula is C11H15BrO4. The number of aliphatic hydroxyl groups excluding tert-OH is 1. The van der Waals surface area contributed by atoms with Crippen LogP contribution in [0.5, 0.6) is 0 Å². The highest BCUT2D eigenvalue weighted by Gasteiger charge is 2.42. The van der Waals surface area contributed by atoms with Gasteiger partial charge in [0.05, 0.1) is 10.7 Å². The molecule has 0 amide bonds. The number of hydrogen-bond acceptors (Lipinski definition) is 4. The van der Waals surface area contributed by atoms with Crippen LogP contribution >= 0.6 is 15.9 Å². The maximum Gasteiger partial charge on any atom is 0.149 e. The summed E-state index contributed by atoms with van der Waals surface area (Å²) in [6.07, 6.45) is 2.10. The van der Waals surface area contributed by atoms with E-state index in [-0.39, 0.29) is 0 Å². The SMILES string of the molecule is COC1(C(O)c2occc2Br)CCOCC1. The summed E-state index contributed by atoms with van der Waals surface area (Å²) in [7, 11) is 1.62. The largest absolute Gasteiger partial charge is 0.465 e. The van der Waals surface area contributed by atoms with Gasteiger partial charge in [-0.25, -0.2) is 0 Å². The molecule has 1 aliphatic heterocycles. The molecule has 1 unspecified atom stereocenters. The first-order chi connectivity index (χ1) is 7.69. The standard InChI is InChI=1S/C11H15BrO4/c1-14-11(3-6-15-7-4-11)10(13)9-8(12)2-5-16-9/h2,5,10,13H,3-4,6-7H2,1H3. The monoisotopic (exact) mass is 290 g/mol. The molecule has 90 valence electrons. The number of ether oxygens (including phenoxy) is 2. The van der Waals surface area contributed by atoms with Crippen molar-refractivity contribution in [3.63, 3.8) is 0 Å². The maximum atomic E-state index is 10.4. The van der Waals surface area contributed by atoms with E-state index >= 15 is 0 Å². The lowest BCUT2D eigenvalue weighted by Gasteiger charge is -2.38. The van der Waals surface area contributed by atoms with E-state index in [1.54, 1.807) is 19.4 Å². The molecule has 0 aromatic carbocycles. The van der Waals surface area contributed by atoms with Crippen molar-refractivity contribution in [3.8, 4) is 0 Å². The van der Waals surface area contributed by atoms with Gasteiger partial charge < -0.3 is 19.0 Å². The number of aliphatic hydroxyl groups is 1. The maximum absolute atomic E-state index is 10.4. The lowest BCUT2D eigenvalue weighted by molar-refractivity contribution is -0.159. The Kier molecular flexibility index (Phi) is 3.69. The number of methoxy groups -OCH3 is 1. The Hall–Kier alpha value is -0.360. The smallest absolute Gasteiger partial charge is 0.149 e. The minimum atomic E-state index is -0.772. The summed E-state index contributed by atoms with van der Waals surface area (Å²) in [6, 6.07) is 1.77. The van der Waals surface area contributed by atoms with Gasteiger partial charge in [-0.1, -0.05) is 0 Å². The van der Waals surface area contributed by atoms with Crippen molar-refractivity contribution in [3.05, 3.63) is 22.6 Å². The normalized spacial score (nSPS) is 21.9. The third-order valence-corrected chi connectivity index (χ3v) is 3.79. The lowest BCUT2D eigenvalue weighted by Crippen LogP contribution is -2.43. The molecule has 1 aliphatic rings. The fraction of sp³-hybridized carbons (Fsp3) is 0.636. The number of halogens is 1. The molecule has 4 nitrogen and oxygen atoms in total. The second kappa shape index (κ2) is 4.87. The molecule has 1 saturated heterocycles. The van der Waals surface area contributed by atoms with Crippen molar-refractivity contribution in [2.24, 2.45) is 0 Å². The molecule has 0 aliphatic carbocycles. The summed E-state index contributed by atoms with van der Waals surface area (Å²) < 4.78 is 16.9. The summed E-state index contributed by atoms with van der Waals surface area (Å²) in [6.45, 7) is 1.20. The predicted octanol–water partition coefficient (Wildman–Crippen LogP) is 2.27. The Morgan fingerprint density at radius 2 is 2.19 bits per heavy atom. The minimum absolute atomic E-state index is 0.517. The van der Waals surface area contributed by atoms with Gasteiger partial charge in [0, 0.05) is 33.2 Å². The number of rotatable bonds is 3. The Bertz CT molecular complexity index is 344. The molecule has 1 aromatic heterocycles. The van der Waals surface area contributed by atoms with E-state index in [9.17, 15) is 5.11 Å². The highest BCUT2D eigenvalue weighted by atomic mass is 79.9. The highest BCUT2D eigenvalue weighted by molar-refractivity contribution is 9.10. The fourth-order valence-electron chi connectivity index (χ4n) is 2.05. The number of furan rings is 1. The third-order valence-electron chi connectivity index (χ3n) is 3.14. The second-order valence-electron chi connectivity index (χ2n) is 3.92. The van der Waals surface area contributed by atoms with E-state index in [1.165, 1.54) is 0 Å². The van der Waals surface area contributed by atoms with Gasteiger partial charge in [0.15, 0.2) is 0 Å². The molecule has 0 bridgehead atoms. The Balaban J connectivity index is 2.24. The van der Waals surface area contributed by atoms with Crippen LogP contribution in [0.15, 0.2) is 21.2 Å². The van der Waals surface area contributed by atoms with Gasteiger partial charge >= 0.3 is 0 Å². The zero-order chi connectivity index (χ0) is 11.6. The molecule has 2 rings (SSSR count). The topological polar surface area (TPSA) is 51.8 Å². The first-order valence-electron chi connectivity index (χ1n) is 5.23. The second-order valence-corrected chi connectivity index (χ2v) is 4.77.